The lowest BCUT2D eigenvalue weighted by Crippen LogP contribution is -2.44. The smallest absolute Gasteiger partial charge is 0.316 e. The number of nitrogens with one attached hydrogen (secondary N) is 1. The Bertz CT molecular complexity index is 1010. The highest BCUT2D eigenvalue weighted by Crippen LogP contribution is 2.33. The van der Waals surface area contributed by atoms with E-state index in [9.17, 15) is 4.79 Å². The van der Waals surface area contributed by atoms with E-state index < -0.39 is 0 Å². The van der Waals surface area contributed by atoms with Crippen molar-refractivity contribution in [1.82, 2.24) is 19.7 Å². The van der Waals surface area contributed by atoms with Gasteiger partial charge in [0.1, 0.15) is 5.82 Å². The fourth-order valence-corrected chi connectivity index (χ4v) is 4.47. The van der Waals surface area contributed by atoms with Crippen LogP contribution in [-0.4, -0.2) is 37.8 Å². The summed E-state index contributed by atoms with van der Waals surface area (Å²) < 4.78 is 2.20. The molecule has 142 valence electrons. The molecule has 2 aromatic carbocycles. The summed E-state index contributed by atoms with van der Waals surface area (Å²) in [7, 11) is 0. The van der Waals surface area contributed by atoms with Crippen LogP contribution < -0.4 is 5.32 Å². The van der Waals surface area contributed by atoms with E-state index in [1.54, 1.807) is 0 Å². The third-order valence-corrected chi connectivity index (χ3v) is 5.91. The fourth-order valence-electron chi connectivity index (χ4n) is 4.47. The zero-order valence-corrected chi connectivity index (χ0v) is 15.9. The predicted octanol–water partition coefficient (Wildman–Crippen LogP) is 3.87. The number of fused-ring (bicyclic) bond motifs is 3. The Balaban J connectivity index is 1.43. The van der Waals surface area contributed by atoms with Gasteiger partial charge < -0.3 is 14.8 Å². The van der Waals surface area contributed by atoms with E-state index in [-0.39, 0.29) is 18.1 Å². The molecule has 2 amide bonds. The third kappa shape index (κ3) is 2.85. The number of benzene rings is 2. The Kier molecular flexibility index (Phi) is 4.11. The summed E-state index contributed by atoms with van der Waals surface area (Å²) in [6.45, 7) is 2.75. The Morgan fingerprint density at radius 3 is 2.57 bits per heavy atom. The minimum absolute atomic E-state index is 0.0122. The zero-order chi connectivity index (χ0) is 19.1. The number of hydrogen-bond donors (Lipinski definition) is 1. The second-order valence-electron chi connectivity index (χ2n) is 7.66. The second-order valence-corrected chi connectivity index (χ2v) is 7.66. The van der Waals surface area contributed by atoms with Crippen LogP contribution >= 0.6 is 0 Å². The Hall–Kier alpha value is -3.15. The van der Waals surface area contributed by atoms with Crippen molar-refractivity contribution in [3.8, 4) is 11.4 Å². The van der Waals surface area contributed by atoms with Crippen molar-refractivity contribution < 1.29 is 4.79 Å². The van der Waals surface area contributed by atoms with Crippen molar-refractivity contribution in [2.24, 2.45) is 0 Å². The van der Waals surface area contributed by atoms with Gasteiger partial charge in [0.2, 0.25) is 0 Å². The average molecular weight is 373 g/mol. The SMILES string of the molecule is Cc1ccccc1NC(=O)N1C2CCC1Cn1c(nnc1-c1ccccc1)C2. The Morgan fingerprint density at radius 1 is 1.00 bits per heavy atom. The van der Waals surface area contributed by atoms with E-state index in [0.717, 1.165) is 54.3 Å². The largest absolute Gasteiger partial charge is 0.322 e. The van der Waals surface area contributed by atoms with Gasteiger partial charge in [-0.05, 0) is 31.4 Å². The summed E-state index contributed by atoms with van der Waals surface area (Å²) >= 11 is 0. The molecule has 2 unspecified atom stereocenters. The molecule has 28 heavy (non-hydrogen) atoms. The quantitative estimate of drug-likeness (QED) is 0.742. The van der Waals surface area contributed by atoms with E-state index in [4.69, 9.17) is 0 Å². The molecule has 1 fully saturated rings. The normalized spacial score (nSPS) is 20.5. The number of carbonyl (C=O) groups excluding carboxylic acids is 1. The number of amides is 2. The first-order chi connectivity index (χ1) is 13.7. The lowest BCUT2D eigenvalue weighted by Gasteiger charge is -2.28. The first-order valence-electron chi connectivity index (χ1n) is 9.83. The van der Waals surface area contributed by atoms with E-state index in [0.29, 0.717) is 0 Å². The number of aromatic nitrogens is 3. The van der Waals surface area contributed by atoms with Crippen LogP contribution in [0.2, 0.25) is 0 Å². The topological polar surface area (TPSA) is 63.1 Å². The molecule has 0 aliphatic carbocycles. The average Bonchev–Trinajstić information content (AvgIpc) is 3.24. The minimum atomic E-state index is -0.0122. The number of carbonyl (C=O) groups is 1. The highest BCUT2D eigenvalue weighted by Gasteiger charge is 2.41. The predicted molar refractivity (Wildman–Crippen MR) is 108 cm³/mol. The molecule has 6 nitrogen and oxygen atoms in total. The zero-order valence-electron chi connectivity index (χ0n) is 15.9. The first-order valence-corrected chi connectivity index (χ1v) is 9.83. The van der Waals surface area contributed by atoms with Crippen molar-refractivity contribution in [3.63, 3.8) is 0 Å². The molecule has 0 radical (unpaired) electrons. The fraction of sp³-hybridized carbons (Fsp3) is 0.318. The van der Waals surface area contributed by atoms with E-state index >= 15 is 0 Å². The number of rotatable bonds is 2. The molecule has 5 rings (SSSR count). The summed E-state index contributed by atoms with van der Waals surface area (Å²) in [5.74, 6) is 1.86. The maximum Gasteiger partial charge on any atom is 0.322 e. The van der Waals surface area contributed by atoms with Crippen molar-refractivity contribution in [2.45, 2.75) is 44.8 Å². The lowest BCUT2D eigenvalue weighted by atomic mass is 10.1. The molecule has 1 saturated heterocycles. The van der Waals surface area contributed by atoms with Crippen molar-refractivity contribution in [2.75, 3.05) is 5.32 Å². The lowest BCUT2D eigenvalue weighted by molar-refractivity contribution is 0.185. The number of para-hydroxylation sites is 1. The number of urea groups is 1. The maximum absolute atomic E-state index is 13.1. The summed E-state index contributed by atoms with van der Waals surface area (Å²) in [5, 5.41) is 12.0. The van der Waals surface area contributed by atoms with Gasteiger partial charge in [0.15, 0.2) is 5.82 Å². The van der Waals surface area contributed by atoms with Gasteiger partial charge >= 0.3 is 6.03 Å². The molecule has 0 saturated carbocycles. The van der Waals surface area contributed by atoms with Gasteiger partial charge in [-0.1, -0.05) is 48.5 Å². The van der Waals surface area contributed by atoms with Crippen LogP contribution in [0.4, 0.5) is 10.5 Å². The molecular formula is C22H23N5O. The summed E-state index contributed by atoms with van der Waals surface area (Å²) in [6.07, 6.45) is 2.77. The highest BCUT2D eigenvalue weighted by molar-refractivity contribution is 5.90. The first kappa shape index (κ1) is 17.0. The van der Waals surface area contributed by atoms with Crippen LogP contribution in [-0.2, 0) is 13.0 Å². The van der Waals surface area contributed by atoms with Crippen LogP contribution in [0.5, 0.6) is 0 Å². The van der Waals surface area contributed by atoms with Gasteiger partial charge in [0.25, 0.3) is 0 Å². The minimum Gasteiger partial charge on any atom is -0.316 e. The van der Waals surface area contributed by atoms with Crippen molar-refractivity contribution in [1.29, 1.82) is 0 Å². The molecule has 3 aromatic rings. The molecule has 3 heterocycles. The van der Waals surface area contributed by atoms with Gasteiger partial charge in [0.05, 0.1) is 6.04 Å². The van der Waals surface area contributed by atoms with Crippen LogP contribution in [0, 0.1) is 6.92 Å². The summed E-state index contributed by atoms with van der Waals surface area (Å²) in [4.78, 5) is 15.2. The van der Waals surface area contributed by atoms with E-state index in [1.165, 1.54) is 0 Å². The van der Waals surface area contributed by atoms with Gasteiger partial charge in [0, 0.05) is 30.3 Å². The van der Waals surface area contributed by atoms with Gasteiger partial charge in [-0.2, -0.15) is 0 Å². The van der Waals surface area contributed by atoms with Gasteiger partial charge in [-0.15, -0.1) is 10.2 Å². The molecule has 2 bridgehead atoms. The van der Waals surface area contributed by atoms with Crippen molar-refractivity contribution in [3.05, 3.63) is 66.0 Å². The molecular weight excluding hydrogens is 350 g/mol. The third-order valence-electron chi connectivity index (χ3n) is 5.91. The molecule has 1 aromatic heterocycles. The van der Waals surface area contributed by atoms with E-state index in [2.05, 4.69) is 32.2 Å². The van der Waals surface area contributed by atoms with Gasteiger partial charge in [-0.25, -0.2) is 4.79 Å². The highest BCUT2D eigenvalue weighted by atomic mass is 16.2. The van der Waals surface area contributed by atoms with Crippen LogP contribution in [0.15, 0.2) is 54.6 Å². The number of aryl methyl sites for hydroxylation is 1. The molecule has 2 atom stereocenters. The van der Waals surface area contributed by atoms with Gasteiger partial charge in [-0.3, -0.25) is 0 Å². The van der Waals surface area contributed by atoms with Crippen LogP contribution in [0.1, 0.15) is 24.2 Å². The molecule has 2 aliphatic heterocycles. The molecule has 1 N–H and O–H groups in total. The van der Waals surface area contributed by atoms with E-state index in [1.807, 2.05) is 54.3 Å². The standard InChI is InChI=1S/C22H23N5O/c1-15-7-5-6-10-19(15)23-22(28)27-17-11-12-18(27)14-26-20(13-17)24-25-21(26)16-8-3-2-4-9-16/h2-10,17-18H,11-14H2,1H3,(H,23,28). The molecule has 6 heteroatoms. The molecule has 0 spiro atoms. The molecule has 2 aliphatic rings. The summed E-state index contributed by atoms with van der Waals surface area (Å²) in [5.41, 5.74) is 3.01. The number of nitrogens with zero attached hydrogens (tertiary/aromatic N) is 4. The van der Waals surface area contributed by atoms with Crippen LogP contribution in [0.3, 0.4) is 0 Å². The Morgan fingerprint density at radius 2 is 1.75 bits per heavy atom. The van der Waals surface area contributed by atoms with Crippen LogP contribution in [0.25, 0.3) is 11.4 Å². The van der Waals surface area contributed by atoms with Crippen molar-refractivity contribution >= 4 is 11.7 Å². The Labute approximate surface area is 164 Å². The second kappa shape index (κ2) is 6.78. The maximum atomic E-state index is 13.1. The summed E-state index contributed by atoms with van der Waals surface area (Å²) in [6, 6.07) is 18.4. The monoisotopic (exact) mass is 373 g/mol. The number of anilines is 1. The number of hydrogen-bond acceptors (Lipinski definition) is 3.